The second-order valence-electron chi connectivity index (χ2n) is 7.43. The number of para-hydroxylation sites is 1. The second-order valence-corrected chi connectivity index (χ2v) is 7.43. The molecule has 5 rings (SSSR count). The van der Waals surface area contributed by atoms with Gasteiger partial charge in [0, 0.05) is 41.5 Å². The molecule has 3 heterocycles. The first-order valence-electron chi connectivity index (χ1n) is 10.6. The summed E-state index contributed by atoms with van der Waals surface area (Å²) in [6, 6.07) is 20.4. The molecule has 2 aromatic heterocycles. The fraction of sp³-hybridized carbons (Fsp3) is 0.0769. The maximum Gasteiger partial charge on any atom is 0.266 e. The molecular formula is C26H19N5O3. The third-order valence-corrected chi connectivity index (χ3v) is 5.18. The maximum absolute atomic E-state index is 12.9. The van der Waals surface area contributed by atoms with E-state index < -0.39 is 5.91 Å². The van der Waals surface area contributed by atoms with Crippen LogP contribution >= 0.6 is 0 Å². The van der Waals surface area contributed by atoms with E-state index in [-0.39, 0.29) is 5.57 Å². The molecule has 0 unspecified atom stereocenters. The number of nitrogens with one attached hydrogen (secondary N) is 1. The molecule has 0 bridgehead atoms. The summed E-state index contributed by atoms with van der Waals surface area (Å²) < 4.78 is 12.8. The van der Waals surface area contributed by atoms with Gasteiger partial charge in [0.2, 0.25) is 0 Å². The van der Waals surface area contributed by atoms with E-state index >= 15 is 0 Å². The van der Waals surface area contributed by atoms with Crippen LogP contribution in [-0.4, -0.2) is 33.9 Å². The average molecular weight is 449 g/mol. The molecule has 1 aliphatic heterocycles. The molecule has 0 fully saturated rings. The van der Waals surface area contributed by atoms with Gasteiger partial charge in [-0.25, -0.2) is 4.68 Å². The van der Waals surface area contributed by atoms with Crippen LogP contribution in [0.4, 0.5) is 5.69 Å². The summed E-state index contributed by atoms with van der Waals surface area (Å²) >= 11 is 0. The molecule has 0 aliphatic carbocycles. The van der Waals surface area contributed by atoms with Crippen molar-refractivity contribution in [1.82, 2.24) is 14.8 Å². The van der Waals surface area contributed by atoms with Crippen molar-refractivity contribution in [2.45, 2.75) is 0 Å². The predicted octanol–water partition coefficient (Wildman–Crippen LogP) is 4.25. The molecule has 0 atom stereocenters. The van der Waals surface area contributed by atoms with Gasteiger partial charge in [-0.15, -0.1) is 0 Å². The van der Waals surface area contributed by atoms with Gasteiger partial charge in [-0.05, 0) is 42.5 Å². The largest absolute Gasteiger partial charge is 0.486 e. The Morgan fingerprint density at radius 2 is 1.79 bits per heavy atom. The number of hydrogen-bond acceptors (Lipinski definition) is 6. The molecule has 1 amide bonds. The second kappa shape index (κ2) is 9.30. The smallest absolute Gasteiger partial charge is 0.266 e. The van der Waals surface area contributed by atoms with Crippen molar-refractivity contribution in [2.24, 2.45) is 0 Å². The van der Waals surface area contributed by atoms with Gasteiger partial charge >= 0.3 is 0 Å². The lowest BCUT2D eigenvalue weighted by Crippen LogP contribution is -2.17. The number of rotatable bonds is 5. The molecule has 2 aromatic carbocycles. The van der Waals surface area contributed by atoms with E-state index in [9.17, 15) is 10.1 Å². The van der Waals surface area contributed by atoms with E-state index in [2.05, 4.69) is 10.3 Å². The minimum absolute atomic E-state index is 0.0576. The van der Waals surface area contributed by atoms with Crippen LogP contribution in [0.2, 0.25) is 0 Å². The Morgan fingerprint density at radius 1 is 1.03 bits per heavy atom. The summed E-state index contributed by atoms with van der Waals surface area (Å²) in [6.07, 6.45) is 6.67. The van der Waals surface area contributed by atoms with Gasteiger partial charge < -0.3 is 14.8 Å². The molecule has 1 N–H and O–H groups in total. The maximum atomic E-state index is 12.9. The Kier molecular flexibility index (Phi) is 5.74. The van der Waals surface area contributed by atoms with Gasteiger partial charge in [-0.3, -0.25) is 9.78 Å². The molecular weight excluding hydrogens is 430 g/mol. The molecule has 34 heavy (non-hydrogen) atoms. The Hall–Kier alpha value is -4.90. The van der Waals surface area contributed by atoms with Crippen molar-refractivity contribution in [1.29, 1.82) is 5.26 Å². The Morgan fingerprint density at radius 3 is 2.56 bits per heavy atom. The van der Waals surface area contributed by atoms with Crippen LogP contribution in [-0.2, 0) is 4.79 Å². The van der Waals surface area contributed by atoms with Crippen LogP contribution in [0.15, 0.2) is 84.8 Å². The third-order valence-electron chi connectivity index (χ3n) is 5.18. The molecule has 0 saturated heterocycles. The van der Waals surface area contributed by atoms with Gasteiger partial charge in [0.1, 0.15) is 30.6 Å². The highest BCUT2D eigenvalue weighted by Gasteiger charge is 2.17. The summed E-state index contributed by atoms with van der Waals surface area (Å²) in [5, 5.41) is 17.2. The fourth-order valence-electron chi connectivity index (χ4n) is 3.56. The molecule has 4 aromatic rings. The molecule has 166 valence electrons. The lowest BCUT2D eigenvalue weighted by Gasteiger charge is -2.18. The SMILES string of the molecule is N#C/C(=C\c1cn(-c2ccccc2)nc1-c1ccncc1)C(=O)Nc1ccc2c(c1)OCCO2. The number of anilines is 1. The van der Waals surface area contributed by atoms with Crippen LogP contribution in [0, 0.1) is 11.3 Å². The Balaban J connectivity index is 1.48. The number of nitrogens with zero attached hydrogens (tertiary/aromatic N) is 4. The topological polar surface area (TPSA) is 102 Å². The van der Waals surface area contributed by atoms with Crippen molar-refractivity contribution >= 4 is 17.7 Å². The van der Waals surface area contributed by atoms with E-state index in [1.807, 2.05) is 48.5 Å². The van der Waals surface area contributed by atoms with E-state index in [0.29, 0.717) is 41.7 Å². The van der Waals surface area contributed by atoms with E-state index in [1.54, 1.807) is 41.5 Å². The normalized spacial score (nSPS) is 12.6. The molecule has 0 spiro atoms. The summed E-state index contributed by atoms with van der Waals surface area (Å²) in [6.45, 7) is 0.924. The summed E-state index contributed by atoms with van der Waals surface area (Å²) in [7, 11) is 0. The highest BCUT2D eigenvalue weighted by atomic mass is 16.6. The van der Waals surface area contributed by atoms with Crippen molar-refractivity contribution < 1.29 is 14.3 Å². The van der Waals surface area contributed by atoms with E-state index in [1.165, 1.54) is 6.08 Å². The minimum atomic E-state index is -0.535. The van der Waals surface area contributed by atoms with Crippen LogP contribution in [0.5, 0.6) is 11.5 Å². The number of pyridine rings is 1. The first-order chi connectivity index (χ1) is 16.7. The van der Waals surface area contributed by atoms with Crippen molar-refractivity contribution in [3.63, 3.8) is 0 Å². The summed E-state index contributed by atoms with van der Waals surface area (Å²) in [5.41, 5.74) is 3.38. The Labute approximate surface area is 195 Å². The minimum Gasteiger partial charge on any atom is -0.486 e. The lowest BCUT2D eigenvalue weighted by molar-refractivity contribution is -0.112. The number of nitriles is 1. The van der Waals surface area contributed by atoms with Gasteiger partial charge in [0.15, 0.2) is 11.5 Å². The number of fused-ring (bicyclic) bond motifs is 1. The Bertz CT molecular complexity index is 1410. The zero-order valence-corrected chi connectivity index (χ0v) is 18.0. The van der Waals surface area contributed by atoms with Gasteiger partial charge in [0.25, 0.3) is 5.91 Å². The van der Waals surface area contributed by atoms with Crippen molar-refractivity contribution in [3.05, 3.63) is 90.4 Å². The highest BCUT2D eigenvalue weighted by molar-refractivity contribution is 6.10. The monoisotopic (exact) mass is 449 g/mol. The van der Waals surface area contributed by atoms with Gasteiger partial charge in [0.05, 0.1) is 5.69 Å². The summed E-state index contributed by atoms with van der Waals surface area (Å²) in [4.78, 5) is 17.0. The molecule has 8 nitrogen and oxygen atoms in total. The molecule has 0 radical (unpaired) electrons. The summed E-state index contributed by atoms with van der Waals surface area (Å²) in [5.74, 6) is 0.638. The highest BCUT2D eigenvalue weighted by Crippen LogP contribution is 2.33. The van der Waals surface area contributed by atoms with Crippen LogP contribution in [0.3, 0.4) is 0 Å². The zero-order chi connectivity index (χ0) is 23.3. The van der Waals surface area contributed by atoms with Crippen LogP contribution < -0.4 is 14.8 Å². The quantitative estimate of drug-likeness (QED) is 0.361. The van der Waals surface area contributed by atoms with Gasteiger partial charge in [-0.1, -0.05) is 18.2 Å². The molecule has 0 saturated carbocycles. The van der Waals surface area contributed by atoms with Crippen LogP contribution in [0.1, 0.15) is 5.56 Å². The standard InChI is InChI=1S/C26H19N5O3/c27-16-19(26(32)29-21-6-7-23-24(15-21)34-13-12-33-23)14-20-17-31(22-4-2-1-3-5-22)30-25(20)18-8-10-28-11-9-18/h1-11,14-15,17H,12-13H2,(H,29,32)/b19-14+. The number of aromatic nitrogens is 3. The first-order valence-corrected chi connectivity index (χ1v) is 10.6. The molecule has 8 heteroatoms. The van der Waals surface area contributed by atoms with E-state index in [0.717, 1.165) is 11.3 Å². The lowest BCUT2D eigenvalue weighted by atomic mass is 10.1. The third kappa shape index (κ3) is 4.36. The number of carbonyl (C=O) groups excluding carboxylic acids is 1. The number of carbonyl (C=O) groups is 1. The zero-order valence-electron chi connectivity index (χ0n) is 18.0. The number of benzene rings is 2. The van der Waals surface area contributed by atoms with Gasteiger partial charge in [-0.2, -0.15) is 10.4 Å². The number of ether oxygens (including phenoxy) is 2. The van der Waals surface area contributed by atoms with Crippen LogP contribution in [0.25, 0.3) is 23.0 Å². The fourth-order valence-corrected chi connectivity index (χ4v) is 3.56. The predicted molar refractivity (Wildman–Crippen MR) is 126 cm³/mol. The van der Waals surface area contributed by atoms with E-state index in [4.69, 9.17) is 14.6 Å². The number of hydrogen-bond donors (Lipinski definition) is 1. The van der Waals surface area contributed by atoms with Crippen molar-refractivity contribution in [3.8, 4) is 34.5 Å². The average Bonchev–Trinajstić information content (AvgIpc) is 3.32. The first kappa shape index (κ1) is 21.0. The van der Waals surface area contributed by atoms with Crippen molar-refractivity contribution in [2.75, 3.05) is 18.5 Å². The number of amides is 1. The molecule has 1 aliphatic rings.